The van der Waals surface area contributed by atoms with Crippen molar-refractivity contribution in [3.05, 3.63) is 71.4 Å². The molecular formula is C50H81N3O19P2. The Bertz CT molecular complexity index is 2120. The fourth-order valence-corrected chi connectivity index (χ4v) is 10.3. The standard InChI is InChI=1S/C50H81N3O19P2/c1-3-5-7-8-9-10-11-12-13-14-15-16-17-18-20-26-46(59)70-38-33-67-45(58)25-22-21-24-37(55)31-40-42(57)32-41(56)39(28-27-36(54)23-19-6-4-2)47(60)48(61)43(35-69-74(65,66)72-73(63,64)68-34-38)71-49(40)53-30-29-44(51)52-50(53)62/h9-10,12-13,15-16,27-30,36,38-43,47-49,54,56-57,60-61H,3-8,11,14,17-26,31-35H2,1-2H3,(H,63,64)(H,65,66)(H2,51,52,62)/b10-9-,13-12-,16-15-,28-27+/t36-,38+,39-,40-,41+,42-,43+,47-,48+,49+/m0/s1. The van der Waals surface area contributed by atoms with Gasteiger partial charge in [0, 0.05) is 50.1 Å². The molecule has 24 heteroatoms. The molecule has 0 amide bonds. The molecule has 0 aromatic carbocycles. The number of fused-ring (bicyclic) bond motifs is 3. The molecule has 2 saturated heterocycles. The number of carbonyl (C=O) groups is 3. The number of unbranched alkanes of at least 4 members (excludes halogenated alkanes) is 7. The van der Waals surface area contributed by atoms with Crippen LogP contribution in [-0.4, -0.2) is 125 Å². The fraction of sp³-hybridized carbons (Fsp3) is 0.700. The summed E-state index contributed by atoms with van der Waals surface area (Å²) in [5.74, 6) is -5.25. The first-order valence-corrected chi connectivity index (χ1v) is 28.8. The Labute approximate surface area is 433 Å². The van der Waals surface area contributed by atoms with E-state index in [4.69, 9.17) is 29.0 Å². The maximum atomic E-state index is 13.7. The zero-order chi connectivity index (χ0) is 54.5. The number of aliphatic hydroxyl groups is 5. The third kappa shape index (κ3) is 25.4. The van der Waals surface area contributed by atoms with Gasteiger partial charge < -0.3 is 55.3 Å². The quantitative estimate of drug-likeness (QED) is 0.0298. The van der Waals surface area contributed by atoms with Crippen molar-refractivity contribution in [2.45, 2.75) is 191 Å². The number of aliphatic hydroxyl groups excluding tert-OH is 5. The van der Waals surface area contributed by atoms with Gasteiger partial charge in [-0.3, -0.25) is 28.0 Å². The highest BCUT2D eigenvalue weighted by atomic mass is 31.3. The van der Waals surface area contributed by atoms with Crippen molar-refractivity contribution >= 4 is 39.2 Å². The Morgan fingerprint density at radius 3 is 2.12 bits per heavy atom. The highest BCUT2D eigenvalue weighted by molar-refractivity contribution is 7.61. The second-order valence-corrected chi connectivity index (χ2v) is 21.7. The van der Waals surface area contributed by atoms with E-state index >= 15 is 0 Å². The summed E-state index contributed by atoms with van der Waals surface area (Å²) >= 11 is 0. The molecule has 22 nitrogen and oxygen atoms in total. The number of nitrogen functional groups attached to an aromatic ring is 1. The summed E-state index contributed by atoms with van der Waals surface area (Å²) < 4.78 is 58.7. The van der Waals surface area contributed by atoms with Gasteiger partial charge in [0.1, 0.15) is 36.6 Å². The second kappa shape index (κ2) is 34.8. The molecule has 3 heterocycles. The van der Waals surface area contributed by atoms with Gasteiger partial charge in [-0.25, -0.2) is 13.9 Å². The van der Waals surface area contributed by atoms with E-state index in [9.17, 15) is 63.6 Å². The average molecular weight is 1090 g/mol. The van der Waals surface area contributed by atoms with Crippen LogP contribution in [0.2, 0.25) is 0 Å². The van der Waals surface area contributed by atoms with Crippen molar-refractivity contribution in [2.24, 2.45) is 11.8 Å². The highest BCUT2D eigenvalue weighted by Gasteiger charge is 2.45. The summed E-state index contributed by atoms with van der Waals surface area (Å²) in [6.07, 6.45) is 11.3. The lowest BCUT2D eigenvalue weighted by molar-refractivity contribution is -0.196. The van der Waals surface area contributed by atoms with Crippen LogP contribution in [0.15, 0.2) is 65.7 Å². The van der Waals surface area contributed by atoms with Crippen molar-refractivity contribution in [1.82, 2.24) is 9.55 Å². The molecular weight excluding hydrogens is 1010 g/mol. The van der Waals surface area contributed by atoms with Gasteiger partial charge in [-0.2, -0.15) is 9.29 Å². The predicted octanol–water partition coefficient (Wildman–Crippen LogP) is 6.11. The number of phosphoric acid groups is 2. The number of nitrogens with two attached hydrogens (primary N) is 1. The molecule has 74 heavy (non-hydrogen) atoms. The third-order valence-corrected chi connectivity index (χ3v) is 14.9. The van der Waals surface area contributed by atoms with Crippen LogP contribution in [0, 0.1) is 11.8 Å². The summed E-state index contributed by atoms with van der Waals surface area (Å²) in [5, 5.41) is 57.4. The molecule has 0 saturated carbocycles. The van der Waals surface area contributed by atoms with Gasteiger partial charge in [0.2, 0.25) is 0 Å². The van der Waals surface area contributed by atoms with Crippen LogP contribution in [0.5, 0.6) is 0 Å². The smallest absolute Gasteiger partial charge is 0.462 e. The number of aromatic nitrogens is 2. The predicted molar refractivity (Wildman–Crippen MR) is 273 cm³/mol. The maximum absolute atomic E-state index is 13.7. The maximum Gasteiger partial charge on any atom is 0.481 e. The summed E-state index contributed by atoms with van der Waals surface area (Å²) in [6.45, 7) is 1.22. The zero-order valence-corrected chi connectivity index (χ0v) is 44.5. The van der Waals surface area contributed by atoms with E-state index in [1.807, 2.05) is 19.1 Å². The minimum Gasteiger partial charge on any atom is -0.462 e. The Morgan fingerprint density at radius 1 is 0.838 bits per heavy atom. The average Bonchev–Trinajstić information content (AvgIpc) is 3.33. The van der Waals surface area contributed by atoms with E-state index in [1.54, 1.807) is 0 Å². The number of hydrogen-bond donors (Lipinski definition) is 8. The molecule has 0 aliphatic carbocycles. The van der Waals surface area contributed by atoms with Crippen LogP contribution in [0.1, 0.15) is 148 Å². The first kappa shape index (κ1) is 64.6. The van der Waals surface area contributed by atoms with Crippen LogP contribution in [0.4, 0.5) is 5.82 Å². The third-order valence-electron chi connectivity index (χ3n) is 12.3. The van der Waals surface area contributed by atoms with Crippen molar-refractivity contribution < 1.29 is 86.4 Å². The number of hydrogen-bond acceptors (Lipinski definition) is 19. The number of ketones is 1. The van der Waals surface area contributed by atoms with E-state index in [-0.39, 0.29) is 37.9 Å². The molecule has 2 aliphatic rings. The highest BCUT2D eigenvalue weighted by Crippen LogP contribution is 2.60. The molecule has 0 radical (unpaired) electrons. The molecule has 12 atom stereocenters. The first-order valence-electron chi connectivity index (χ1n) is 25.8. The summed E-state index contributed by atoms with van der Waals surface area (Å²) in [4.78, 5) is 77.9. The molecule has 0 spiro atoms. The number of carbonyl (C=O) groups excluding carboxylic acids is 3. The molecule has 2 aliphatic heterocycles. The largest absolute Gasteiger partial charge is 0.481 e. The van der Waals surface area contributed by atoms with E-state index in [0.717, 1.165) is 42.9 Å². The molecule has 2 bridgehead atoms. The van der Waals surface area contributed by atoms with Gasteiger partial charge in [-0.15, -0.1) is 0 Å². The minimum atomic E-state index is -5.77. The Kier molecular flexibility index (Phi) is 30.4. The van der Waals surface area contributed by atoms with E-state index < -0.39 is 133 Å². The number of phosphoric ester groups is 2. The van der Waals surface area contributed by atoms with Crippen LogP contribution in [-0.2, 0) is 51.1 Å². The van der Waals surface area contributed by atoms with Crippen molar-refractivity contribution in [1.29, 1.82) is 0 Å². The lowest BCUT2D eigenvalue weighted by Gasteiger charge is -2.40. The van der Waals surface area contributed by atoms with E-state index in [2.05, 4.69) is 40.5 Å². The number of nitrogens with zero attached hydrogens (tertiary/aromatic N) is 2. The van der Waals surface area contributed by atoms with Gasteiger partial charge in [-0.1, -0.05) is 94.6 Å². The Hall–Kier alpha value is -3.73. The van der Waals surface area contributed by atoms with Crippen LogP contribution in [0.3, 0.4) is 0 Å². The molecule has 2 fully saturated rings. The molecule has 1 aromatic rings. The summed E-state index contributed by atoms with van der Waals surface area (Å²) in [6, 6.07) is 1.18. The number of ether oxygens (including phenoxy) is 3. The number of esters is 2. The van der Waals surface area contributed by atoms with Crippen LogP contribution < -0.4 is 11.4 Å². The summed E-state index contributed by atoms with van der Waals surface area (Å²) in [5.41, 5.74) is 4.66. The fourth-order valence-electron chi connectivity index (χ4n) is 8.19. The summed E-state index contributed by atoms with van der Waals surface area (Å²) in [7, 11) is -11.4. The monoisotopic (exact) mass is 1090 g/mol. The number of allylic oxidation sites excluding steroid dienone is 6. The normalized spacial score (nSPS) is 30.4. The zero-order valence-electron chi connectivity index (χ0n) is 42.7. The molecule has 420 valence electrons. The number of cyclic esters (lactones) is 1. The van der Waals surface area contributed by atoms with Crippen LogP contribution in [0.25, 0.3) is 0 Å². The van der Waals surface area contributed by atoms with Crippen molar-refractivity contribution in [2.75, 3.05) is 25.6 Å². The van der Waals surface area contributed by atoms with Gasteiger partial charge >= 0.3 is 33.3 Å². The lowest BCUT2D eigenvalue weighted by Crippen LogP contribution is -2.52. The Balaban J connectivity index is 1.85. The van der Waals surface area contributed by atoms with E-state index in [1.165, 1.54) is 37.5 Å². The van der Waals surface area contributed by atoms with Gasteiger partial charge in [-0.05, 0) is 70.3 Å². The molecule has 3 rings (SSSR count). The minimum absolute atomic E-state index is 0.0766. The number of anilines is 1. The number of Topliss-reactive ketones (excluding diaryl/α,β-unsaturated/α-hetero) is 1. The topological polar surface area (TPSA) is 343 Å². The molecule has 1 aromatic heterocycles. The van der Waals surface area contributed by atoms with Gasteiger partial charge in [0.05, 0.1) is 37.6 Å². The molecule has 9 N–H and O–H groups in total. The Morgan fingerprint density at radius 2 is 1.46 bits per heavy atom. The van der Waals surface area contributed by atoms with Gasteiger partial charge in [0.25, 0.3) is 0 Å². The first-order chi connectivity index (χ1) is 35.3. The molecule has 2 unspecified atom stereocenters. The van der Waals surface area contributed by atoms with Gasteiger partial charge in [0.15, 0.2) is 6.10 Å². The lowest BCUT2D eigenvalue weighted by atomic mass is 9.82. The van der Waals surface area contributed by atoms with Crippen molar-refractivity contribution in [3.8, 4) is 0 Å². The van der Waals surface area contributed by atoms with Crippen LogP contribution >= 0.6 is 15.6 Å². The van der Waals surface area contributed by atoms with E-state index in [0.29, 0.717) is 32.1 Å². The SMILES string of the molecule is CCCCC/C=C\C/C=C\C/C=C\CCCCC(=O)O[C@@H]1COC(=O)CCCCC(=O)C[C@@H]2[C@H](n3ccc(N)nc3=O)O[C@H](COP(=O)(O)OP(=O)(O)OC1)[C@@H](O)[C@@H](O)[C@@H](/C=C/[C@@H](O)CCCCC)[C@H](O)C[C@@H]2O. The number of rotatable bonds is 21. The van der Waals surface area contributed by atoms with Crippen molar-refractivity contribution in [3.63, 3.8) is 0 Å². The second-order valence-electron chi connectivity index (χ2n) is 18.6.